The monoisotopic (exact) mass is 243 g/mol. The van der Waals surface area contributed by atoms with Crippen molar-refractivity contribution in [1.82, 2.24) is 9.97 Å². The Morgan fingerprint density at radius 3 is 2.56 bits per heavy atom. The minimum absolute atomic E-state index is 0.709. The van der Waals surface area contributed by atoms with Crippen molar-refractivity contribution in [2.75, 3.05) is 6.54 Å². The fourth-order valence-corrected chi connectivity index (χ4v) is 2.09. The number of benzene rings is 1. The molecule has 3 nitrogen and oxygen atoms in total. The zero-order chi connectivity index (χ0) is 13.0. The van der Waals surface area contributed by atoms with E-state index in [-0.39, 0.29) is 0 Å². The molecule has 1 heterocycles. The average Bonchev–Trinajstić information content (AvgIpc) is 2.78. The van der Waals surface area contributed by atoms with E-state index in [1.54, 1.807) is 0 Å². The van der Waals surface area contributed by atoms with Gasteiger partial charge in [-0.3, -0.25) is 0 Å². The molecule has 0 amide bonds. The lowest BCUT2D eigenvalue weighted by Gasteiger charge is -2.00. The summed E-state index contributed by atoms with van der Waals surface area (Å²) >= 11 is 0. The third kappa shape index (κ3) is 2.79. The molecule has 0 saturated heterocycles. The molecule has 0 fully saturated rings. The molecule has 3 heteroatoms. The van der Waals surface area contributed by atoms with Crippen LogP contribution in [0.1, 0.15) is 30.4 Å². The van der Waals surface area contributed by atoms with Crippen LogP contribution in [0.2, 0.25) is 0 Å². The van der Waals surface area contributed by atoms with E-state index in [1.807, 2.05) is 0 Å². The molecule has 18 heavy (non-hydrogen) atoms. The molecule has 2 rings (SSSR count). The summed E-state index contributed by atoms with van der Waals surface area (Å²) in [5.74, 6) is 1.03. The van der Waals surface area contributed by atoms with Crippen LogP contribution in [0, 0.1) is 6.92 Å². The summed E-state index contributed by atoms with van der Waals surface area (Å²) in [6.45, 7) is 4.95. The Bertz CT molecular complexity index is 497. The van der Waals surface area contributed by atoms with Gasteiger partial charge in [0.2, 0.25) is 0 Å². The van der Waals surface area contributed by atoms with Crippen LogP contribution >= 0.6 is 0 Å². The SMILES string of the molecule is CCc1ccc(-c2nc(CCCN)[nH]c2C)cc1. The Kier molecular flexibility index (Phi) is 4.15. The van der Waals surface area contributed by atoms with Crippen molar-refractivity contribution < 1.29 is 0 Å². The van der Waals surface area contributed by atoms with Gasteiger partial charge in [-0.1, -0.05) is 31.2 Å². The summed E-state index contributed by atoms with van der Waals surface area (Å²) in [6.07, 6.45) is 2.97. The molecule has 0 aliphatic heterocycles. The van der Waals surface area contributed by atoms with Crippen LogP contribution in [0.4, 0.5) is 0 Å². The molecule has 0 aliphatic carbocycles. The minimum Gasteiger partial charge on any atom is -0.346 e. The quantitative estimate of drug-likeness (QED) is 0.848. The van der Waals surface area contributed by atoms with Crippen molar-refractivity contribution >= 4 is 0 Å². The maximum Gasteiger partial charge on any atom is 0.107 e. The predicted molar refractivity (Wildman–Crippen MR) is 75.5 cm³/mol. The third-order valence-corrected chi connectivity index (χ3v) is 3.19. The van der Waals surface area contributed by atoms with Crippen LogP contribution in [0.25, 0.3) is 11.3 Å². The van der Waals surface area contributed by atoms with E-state index in [0.29, 0.717) is 6.54 Å². The molecule has 1 aromatic heterocycles. The van der Waals surface area contributed by atoms with E-state index in [0.717, 1.165) is 36.5 Å². The van der Waals surface area contributed by atoms with Gasteiger partial charge in [-0.15, -0.1) is 0 Å². The third-order valence-electron chi connectivity index (χ3n) is 3.19. The first-order valence-electron chi connectivity index (χ1n) is 6.59. The van der Waals surface area contributed by atoms with Crippen molar-refractivity contribution in [2.45, 2.75) is 33.1 Å². The van der Waals surface area contributed by atoms with Gasteiger partial charge in [0.15, 0.2) is 0 Å². The number of nitrogens with zero attached hydrogens (tertiary/aromatic N) is 1. The summed E-state index contributed by atoms with van der Waals surface area (Å²) in [5, 5.41) is 0. The summed E-state index contributed by atoms with van der Waals surface area (Å²) in [5.41, 5.74) is 10.3. The topological polar surface area (TPSA) is 54.7 Å². The summed E-state index contributed by atoms with van der Waals surface area (Å²) in [7, 11) is 0. The number of rotatable bonds is 5. The lowest BCUT2D eigenvalue weighted by atomic mass is 10.1. The van der Waals surface area contributed by atoms with E-state index in [9.17, 15) is 0 Å². The van der Waals surface area contributed by atoms with Gasteiger partial charge in [0.1, 0.15) is 5.82 Å². The molecule has 96 valence electrons. The highest BCUT2D eigenvalue weighted by Gasteiger charge is 2.08. The van der Waals surface area contributed by atoms with Crippen molar-refractivity contribution in [3.63, 3.8) is 0 Å². The fraction of sp³-hybridized carbons (Fsp3) is 0.400. The van der Waals surface area contributed by atoms with Crippen LogP contribution in [-0.4, -0.2) is 16.5 Å². The van der Waals surface area contributed by atoms with E-state index in [1.165, 1.54) is 11.1 Å². The molecule has 1 aromatic carbocycles. The first kappa shape index (κ1) is 12.8. The zero-order valence-electron chi connectivity index (χ0n) is 11.2. The van der Waals surface area contributed by atoms with Crippen molar-refractivity contribution in [3.8, 4) is 11.3 Å². The molecule has 3 N–H and O–H groups in total. The van der Waals surface area contributed by atoms with Crippen LogP contribution in [0.5, 0.6) is 0 Å². The molecule has 2 aromatic rings. The van der Waals surface area contributed by atoms with Crippen LogP contribution in [0.15, 0.2) is 24.3 Å². The fourth-order valence-electron chi connectivity index (χ4n) is 2.09. The maximum atomic E-state index is 5.52. The number of hydrogen-bond acceptors (Lipinski definition) is 2. The normalized spacial score (nSPS) is 10.8. The highest BCUT2D eigenvalue weighted by Crippen LogP contribution is 2.22. The number of imidazole rings is 1. The Hall–Kier alpha value is -1.61. The smallest absolute Gasteiger partial charge is 0.107 e. The average molecular weight is 243 g/mol. The van der Waals surface area contributed by atoms with Crippen LogP contribution < -0.4 is 5.73 Å². The molecule has 0 bridgehead atoms. The molecule has 0 saturated carbocycles. The summed E-state index contributed by atoms with van der Waals surface area (Å²) < 4.78 is 0. The van der Waals surface area contributed by atoms with E-state index < -0.39 is 0 Å². The molecular formula is C15H21N3. The number of H-pyrrole nitrogens is 1. The lowest BCUT2D eigenvalue weighted by molar-refractivity contribution is 0.792. The summed E-state index contributed by atoms with van der Waals surface area (Å²) in [6, 6.07) is 8.63. The Morgan fingerprint density at radius 2 is 1.94 bits per heavy atom. The van der Waals surface area contributed by atoms with E-state index >= 15 is 0 Å². The van der Waals surface area contributed by atoms with Gasteiger partial charge in [0.05, 0.1) is 5.69 Å². The Balaban J connectivity index is 2.23. The first-order valence-corrected chi connectivity index (χ1v) is 6.59. The lowest BCUT2D eigenvalue weighted by Crippen LogP contribution is -2.01. The Morgan fingerprint density at radius 1 is 1.22 bits per heavy atom. The largest absolute Gasteiger partial charge is 0.346 e. The van der Waals surface area contributed by atoms with Crippen molar-refractivity contribution in [2.24, 2.45) is 5.73 Å². The standard InChI is InChI=1S/C15H21N3/c1-3-12-6-8-13(9-7-12)15-11(2)17-14(18-15)5-4-10-16/h6-9H,3-5,10,16H2,1-2H3,(H,17,18). The highest BCUT2D eigenvalue weighted by atomic mass is 14.9. The van der Waals surface area contributed by atoms with Gasteiger partial charge < -0.3 is 10.7 Å². The zero-order valence-corrected chi connectivity index (χ0v) is 11.2. The van der Waals surface area contributed by atoms with Crippen LogP contribution in [0.3, 0.4) is 0 Å². The second-order valence-corrected chi connectivity index (χ2v) is 4.60. The van der Waals surface area contributed by atoms with Gasteiger partial charge >= 0.3 is 0 Å². The molecule has 0 unspecified atom stereocenters. The predicted octanol–water partition coefficient (Wildman–Crippen LogP) is 2.84. The van der Waals surface area contributed by atoms with Gasteiger partial charge in [-0.2, -0.15) is 0 Å². The Labute approximate surface area is 108 Å². The maximum absolute atomic E-state index is 5.52. The first-order chi connectivity index (χ1) is 8.74. The number of aromatic amines is 1. The van der Waals surface area contributed by atoms with Gasteiger partial charge in [-0.05, 0) is 31.9 Å². The van der Waals surface area contributed by atoms with Crippen LogP contribution in [-0.2, 0) is 12.8 Å². The van der Waals surface area contributed by atoms with Crippen molar-refractivity contribution in [3.05, 3.63) is 41.3 Å². The van der Waals surface area contributed by atoms with Gasteiger partial charge in [0.25, 0.3) is 0 Å². The number of hydrogen-bond donors (Lipinski definition) is 2. The second kappa shape index (κ2) is 5.83. The minimum atomic E-state index is 0.709. The molecule has 0 spiro atoms. The molecule has 0 atom stereocenters. The number of nitrogens with one attached hydrogen (secondary N) is 1. The second-order valence-electron chi connectivity index (χ2n) is 4.60. The molecule has 0 aliphatic rings. The van der Waals surface area contributed by atoms with Gasteiger partial charge in [0, 0.05) is 17.7 Å². The number of nitrogens with two attached hydrogens (primary N) is 1. The summed E-state index contributed by atoms with van der Waals surface area (Å²) in [4.78, 5) is 8.00. The highest BCUT2D eigenvalue weighted by molar-refractivity contribution is 5.62. The van der Waals surface area contributed by atoms with E-state index in [4.69, 9.17) is 5.73 Å². The number of aromatic nitrogens is 2. The molecule has 0 radical (unpaired) electrons. The number of aryl methyl sites for hydroxylation is 3. The van der Waals surface area contributed by atoms with E-state index in [2.05, 4.69) is 48.1 Å². The van der Waals surface area contributed by atoms with Crippen molar-refractivity contribution in [1.29, 1.82) is 0 Å². The van der Waals surface area contributed by atoms with Gasteiger partial charge in [-0.25, -0.2) is 4.98 Å². The molecular weight excluding hydrogens is 222 g/mol.